The van der Waals surface area contributed by atoms with Gasteiger partial charge in [0.15, 0.2) is 5.65 Å². The maximum absolute atomic E-state index is 12.2. The standard InChI is InChI=1S/C20H22N6O2S/c1-4-13(2)16-12-23-26-18(16)24-20(29(3,27)28)25-19(26)22-11-14-7-5-9-17-15(14)8-6-10-21-17/h5-10,12-13H,4,11H2,1-3H3,(H,22,24,25). The molecule has 1 N–H and O–H groups in total. The lowest BCUT2D eigenvalue weighted by Crippen LogP contribution is -2.14. The van der Waals surface area contributed by atoms with Crippen molar-refractivity contribution in [2.75, 3.05) is 11.6 Å². The topological polar surface area (TPSA) is 102 Å². The molecule has 0 amide bonds. The second-order valence-electron chi connectivity index (χ2n) is 7.09. The molecule has 4 aromatic rings. The Morgan fingerprint density at radius 3 is 2.76 bits per heavy atom. The minimum atomic E-state index is -3.57. The largest absolute Gasteiger partial charge is 0.350 e. The Kier molecular flexibility index (Phi) is 4.91. The van der Waals surface area contributed by atoms with Crippen LogP contribution in [0.1, 0.15) is 37.3 Å². The van der Waals surface area contributed by atoms with Gasteiger partial charge < -0.3 is 5.32 Å². The van der Waals surface area contributed by atoms with Crippen LogP contribution in [0.3, 0.4) is 0 Å². The number of nitrogens with zero attached hydrogens (tertiary/aromatic N) is 5. The summed E-state index contributed by atoms with van der Waals surface area (Å²) < 4.78 is 25.9. The van der Waals surface area contributed by atoms with Crippen molar-refractivity contribution in [3.05, 3.63) is 53.9 Å². The summed E-state index contributed by atoms with van der Waals surface area (Å²) in [5, 5.41) is 8.46. The lowest BCUT2D eigenvalue weighted by molar-refractivity contribution is 0.592. The smallest absolute Gasteiger partial charge is 0.252 e. The highest BCUT2D eigenvalue weighted by Gasteiger charge is 2.20. The van der Waals surface area contributed by atoms with Crippen molar-refractivity contribution >= 4 is 32.3 Å². The van der Waals surface area contributed by atoms with Gasteiger partial charge in [-0.2, -0.15) is 19.6 Å². The van der Waals surface area contributed by atoms with Crippen LogP contribution in [0.4, 0.5) is 5.95 Å². The summed E-state index contributed by atoms with van der Waals surface area (Å²) in [5.74, 6) is 0.540. The molecule has 0 saturated carbocycles. The van der Waals surface area contributed by atoms with Crippen LogP contribution in [0.2, 0.25) is 0 Å². The first kappa shape index (κ1) is 19.3. The zero-order valence-corrected chi connectivity index (χ0v) is 17.3. The molecular weight excluding hydrogens is 388 g/mol. The van der Waals surface area contributed by atoms with E-state index >= 15 is 0 Å². The fourth-order valence-corrected chi connectivity index (χ4v) is 3.72. The lowest BCUT2D eigenvalue weighted by atomic mass is 10.0. The van der Waals surface area contributed by atoms with Crippen molar-refractivity contribution < 1.29 is 8.42 Å². The average molecular weight is 411 g/mol. The number of benzene rings is 1. The van der Waals surface area contributed by atoms with Gasteiger partial charge >= 0.3 is 0 Å². The Morgan fingerprint density at radius 1 is 1.17 bits per heavy atom. The number of aromatic nitrogens is 5. The van der Waals surface area contributed by atoms with Crippen LogP contribution < -0.4 is 5.32 Å². The van der Waals surface area contributed by atoms with Crippen LogP contribution in [-0.2, 0) is 16.4 Å². The molecule has 1 atom stereocenters. The molecule has 1 aromatic carbocycles. The number of nitrogens with one attached hydrogen (secondary N) is 1. The number of hydrogen-bond acceptors (Lipinski definition) is 7. The quantitative estimate of drug-likeness (QED) is 0.521. The van der Waals surface area contributed by atoms with Crippen LogP contribution in [0, 0.1) is 0 Å². The Hall–Kier alpha value is -3.07. The van der Waals surface area contributed by atoms with Crippen molar-refractivity contribution in [2.45, 2.75) is 37.9 Å². The van der Waals surface area contributed by atoms with Gasteiger partial charge in [-0.15, -0.1) is 0 Å². The molecule has 8 nitrogen and oxygen atoms in total. The molecule has 0 saturated heterocycles. The van der Waals surface area contributed by atoms with Gasteiger partial charge in [-0.25, -0.2) is 8.42 Å². The van der Waals surface area contributed by atoms with E-state index in [2.05, 4.69) is 39.2 Å². The van der Waals surface area contributed by atoms with Crippen LogP contribution >= 0.6 is 0 Å². The monoisotopic (exact) mass is 410 g/mol. The van der Waals surface area contributed by atoms with Gasteiger partial charge in [0.1, 0.15) is 0 Å². The van der Waals surface area contributed by atoms with Gasteiger partial charge in [-0.05, 0) is 30.0 Å². The second kappa shape index (κ2) is 7.40. The van der Waals surface area contributed by atoms with Crippen molar-refractivity contribution in [3.8, 4) is 0 Å². The van der Waals surface area contributed by atoms with Gasteiger partial charge in [-0.3, -0.25) is 4.98 Å². The predicted octanol–water partition coefficient (Wildman–Crippen LogP) is 3.20. The number of rotatable bonds is 6. The molecule has 9 heteroatoms. The molecule has 3 heterocycles. The number of sulfone groups is 1. The normalized spacial score (nSPS) is 13.1. The third-order valence-corrected chi connectivity index (χ3v) is 5.87. The van der Waals surface area contributed by atoms with Crippen molar-refractivity contribution in [2.24, 2.45) is 0 Å². The van der Waals surface area contributed by atoms with Crippen LogP contribution in [-0.4, -0.2) is 39.2 Å². The third kappa shape index (κ3) is 3.65. The highest BCUT2D eigenvalue weighted by atomic mass is 32.2. The van der Waals surface area contributed by atoms with E-state index < -0.39 is 9.84 Å². The van der Waals surface area contributed by atoms with E-state index in [1.54, 1.807) is 16.9 Å². The SMILES string of the molecule is CCC(C)c1cnn2c(NCc3cccc4ncccc34)nc(S(C)(=O)=O)nc12. The Morgan fingerprint density at radius 2 is 2.00 bits per heavy atom. The Balaban J connectivity index is 1.79. The molecule has 0 spiro atoms. The molecule has 0 aliphatic heterocycles. The van der Waals surface area contributed by atoms with Gasteiger partial charge in [-0.1, -0.05) is 32.0 Å². The molecular formula is C20H22N6O2S. The molecule has 1 unspecified atom stereocenters. The summed E-state index contributed by atoms with van der Waals surface area (Å²) in [6.45, 7) is 4.58. The molecule has 4 rings (SSSR count). The number of anilines is 1. The summed E-state index contributed by atoms with van der Waals surface area (Å²) in [7, 11) is -3.57. The van der Waals surface area contributed by atoms with E-state index in [1.807, 2.05) is 30.3 Å². The predicted molar refractivity (Wildman–Crippen MR) is 112 cm³/mol. The summed E-state index contributed by atoms with van der Waals surface area (Å²) >= 11 is 0. The van der Waals surface area contributed by atoms with E-state index in [1.165, 1.54) is 0 Å². The molecule has 0 aliphatic rings. The van der Waals surface area contributed by atoms with Crippen molar-refractivity contribution in [1.82, 2.24) is 24.6 Å². The molecule has 29 heavy (non-hydrogen) atoms. The maximum Gasteiger partial charge on any atom is 0.252 e. The summed E-state index contributed by atoms with van der Waals surface area (Å²) in [6.07, 6.45) is 5.49. The molecule has 3 aromatic heterocycles. The highest BCUT2D eigenvalue weighted by Crippen LogP contribution is 2.25. The highest BCUT2D eigenvalue weighted by molar-refractivity contribution is 7.90. The van der Waals surface area contributed by atoms with Crippen LogP contribution in [0.25, 0.3) is 16.6 Å². The molecule has 150 valence electrons. The number of fused-ring (bicyclic) bond motifs is 2. The van der Waals surface area contributed by atoms with E-state index in [9.17, 15) is 8.42 Å². The van der Waals surface area contributed by atoms with Crippen LogP contribution in [0.5, 0.6) is 0 Å². The van der Waals surface area contributed by atoms with E-state index in [0.29, 0.717) is 18.1 Å². The first-order valence-electron chi connectivity index (χ1n) is 9.40. The summed E-state index contributed by atoms with van der Waals surface area (Å²) in [4.78, 5) is 12.9. The molecule has 0 bridgehead atoms. The second-order valence-corrected chi connectivity index (χ2v) is 9.00. The Labute approximate surface area is 169 Å². The first-order chi connectivity index (χ1) is 13.9. The molecule has 0 aliphatic carbocycles. The van der Waals surface area contributed by atoms with Gasteiger partial charge in [0.05, 0.1) is 11.7 Å². The fourth-order valence-electron chi connectivity index (χ4n) is 3.22. The van der Waals surface area contributed by atoms with Gasteiger partial charge in [0.25, 0.3) is 5.16 Å². The minimum absolute atomic E-state index is 0.201. The lowest BCUT2D eigenvalue weighted by Gasteiger charge is -2.11. The van der Waals surface area contributed by atoms with Gasteiger partial charge in [0, 0.05) is 29.9 Å². The summed E-state index contributed by atoms with van der Waals surface area (Å²) in [6, 6.07) is 9.79. The third-order valence-electron chi connectivity index (χ3n) is 5.02. The van der Waals surface area contributed by atoms with E-state index in [0.717, 1.165) is 34.7 Å². The van der Waals surface area contributed by atoms with Gasteiger partial charge in [0.2, 0.25) is 15.8 Å². The summed E-state index contributed by atoms with van der Waals surface area (Å²) in [5.41, 5.74) is 3.33. The van der Waals surface area contributed by atoms with E-state index in [-0.39, 0.29) is 11.1 Å². The number of pyridine rings is 1. The maximum atomic E-state index is 12.2. The van der Waals surface area contributed by atoms with E-state index in [4.69, 9.17) is 0 Å². The molecule has 0 radical (unpaired) electrons. The van der Waals surface area contributed by atoms with Crippen molar-refractivity contribution in [1.29, 1.82) is 0 Å². The number of hydrogen-bond donors (Lipinski definition) is 1. The zero-order chi connectivity index (χ0) is 20.6. The fraction of sp³-hybridized carbons (Fsp3) is 0.300. The average Bonchev–Trinajstić information content (AvgIpc) is 3.15. The zero-order valence-electron chi connectivity index (χ0n) is 16.5. The Bertz CT molecular complexity index is 1290. The van der Waals surface area contributed by atoms with Crippen molar-refractivity contribution in [3.63, 3.8) is 0 Å². The first-order valence-corrected chi connectivity index (χ1v) is 11.3. The minimum Gasteiger partial charge on any atom is -0.350 e. The molecule has 0 fully saturated rings. The van der Waals surface area contributed by atoms with Crippen LogP contribution in [0.15, 0.2) is 47.9 Å².